The number of thioether (sulfide) groups is 1. The summed E-state index contributed by atoms with van der Waals surface area (Å²) in [6, 6.07) is 13.8. The molecule has 0 radical (unpaired) electrons. The first-order valence-corrected chi connectivity index (χ1v) is 13.0. The predicted molar refractivity (Wildman–Crippen MR) is 139 cm³/mol. The smallest absolute Gasteiger partial charge is 0.262 e. The molecule has 1 saturated heterocycles. The van der Waals surface area contributed by atoms with Crippen LogP contribution in [0.2, 0.25) is 0 Å². The van der Waals surface area contributed by atoms with Gasteiger partial charge in [-0.25, -0.2) is 9.97 Å². The van der Waals surface area contributed by atoms with Crippen LogP contribution < -0.4 is 5.56 Å². The van der Waals surface area contributed by atoms with E-state index in [0.29, 0.717) is 28.7 Å². The zero-order chi connectivity index (χ0) is 24.2. The van der Waals surface area contributed by atoms with Gasteiger partial charge in [-0.1, -0.05) is 41.6 Å². The molecule has 35 heavy (non-hydrogen) atoms. The summed E-state index contributed by atoms with van der Waals surface area (Å²) in [6.45, 7) is 9.16. The second-order valence-corrected chi connectivity index (χ2v) is 9.87. The van der Waals surface area contributed by atoms with Crippen LogP contribution in [-0.2, 0) is 17.0 Å². The number of oxazole rings is 1. The molecule has 0 amide bonds. The van der Waals surface area contributed by atoms with E-state index in [1.54, 1.807) is 6.26 Å². The number of morpholine rings is 1. The Labute approximate surface area is 209 Å². The van der Waals surface area contributed by atoms with Gasteiger partial charge in [0.15, 0.2) is 5.16 Å². The predicted octanol–water partition coefficient (Wildman–Crippen LogP) is 4.68. The van der Waals surface area contributed by atoms with Gasteiger partial charge in [0.05, 0.1) is 29.8 Å². The van der Waals surface area contributed by atoms with Crippen LogP contribution >= 0.6 is 11.8 Å². The minimum Gasteiger partial charge on any atom is -0.444 e. The third kappa shape index (κ3) is 5.50. The van der Waals surface area contributed by atoms with Crippen molar-refractivity contribution in [1.82, 2.24) is 19.4 Å². The largest absolute Gasteiger partial charge is 0.444 e. The van der Waals surface area contributed by atoms with E-state index in [9.17, 15) is 4.79 Å². The maximum Gasteiger partial charge on any atom is 0.262 e. The van der Waals surface area contributed by atoms with Gasteiger partial charge in [0, 0.05) is 37.5 Å². The first-order valence-electron chi connectivity index (χ1n) is 12.0. The van der Waals surface area contributed by atoms with Crippen LogP contribution in [-0.4, -0.2) is 52.3 Å². The van der Waals surface area contributed by atoms with Gasteiger partial charge in [-0.05, 0) is 44.0 Å². The van der Waals surface area contributed by atoms with Crippen LogP contribution in [0.5, 0.6) is 0 Å². The van der Waals surface area contributed by atoms with Crippen molar-refractivity contribution in [3.63, 3.8) is 0 Å². The molecular formula is C27H30N4O3S. The number of hydrogen-bond donors (Lipinski definition) is 0. The maximum absolute atomic E-state index is 13.3. The Balaban J connectivity index is 1.34. The van der Waals surface area contributed by atoms with Gasteiger partial charge >= 0.3 is 0 Å². The fraction of sp³-hybridized carbons (Fsp3) is 0.370. The molecule has 1 aliphatic rings. The van der Waals surface area contributed by atoms with Gasteiger partial charge in [0.2, 0.25) is 5.89 Å². The first-order chi connectivity index (χ1) is 17.1. The van der Waals surface area contributed by atoms with Gasteiger partial charge in [0.1, 0.15) is 6.26 Å². The van der Waals surface area contributed by atoms with Crippen LogP contribution in [0.25, 0.3) is 22.4 Å². The molecule has 0 unspecified atom stereocenters. The molecule has 7 nitrogen and oxygen atoms in total. The number of hydrogen-bond acceptors (Lipinski definition) is 7. The zero-order valence-electron chi connectivity index (χ0n) is 20.2. The van der Waals surface area contributed by atoms with Crippen molar-refractivity contribution in [2.75, 3.05) is 32.8 Å². The van der Waals surface area contributed by atoms with Gasteiger partial charge in [-0.3, -0.25) is 14.3 Å². The topological polar surface area (TPSA) is 73.4 Å². The van der Waals surface area contributed by atoms with Crippen LogP contribution in [0.4, 0.5) is 0 Å². The summed E-state index contributed by atoms with van der Waals surface area (Å²) in [4.78, 5) is 25.3. The van der Waals surface area contributed by atoms with Crippen molar-refractivity contribution in [1.29, 1.82) is 0 Å². The fourth-order valence-electron chi connectivity index (χ4n) is 4.42. The van der Waals surface area contributed by atoms with Crippen molar-refractivity contribution in [3.05, 3.63) is 75.9 Å². The highest BCUT2D eigenvalue weighted by atomic mass is 32.2. The number of para-hydroxylation sites is 1. The molecule has 0 spiro atoms. The molecular weight excluding hydrogens is 460 g/mol. The van der Waals surface area contributed by atoms with E-state index in [1.165, 1.54) is 17.3 Å². The molecule has 4 aromatic rings. The molecule has 0 bridgehead atoms. The van der Waals surface area contributed by atoms with E-state index < -0.39 is 0 Å². The number of rotatable bonds is 8. The highest BCUT2D eigenvalue weighted by Crippen LogP contribution is 2.27. The van der Waals surface area contributed by atoms with E-state index in [1.807, 2.05) is 34.9 Å². The third-order valence-corrected chi connectivity index (χ3v) is 7.31. The minimum atomic E-state index is 0.0104. The molecule has 5 rings (SSSR count). The van der Waals surface area contributed by atoms with Gasteiger partial charge in [-0.2, -0.15) is 0 Å². The molecule has 182 valence electrons. The van der Waals surface area contributed by atoms with E-state index >= 15 is 0 Å². The average molecular weight is 491 g/mol. The van der Waals surface area contributed by atoms with Crippen molar-refractivity contribution in [2.24, 2.45) is 0 Å². The van der Waals surface area contributed by atoms with E-state index in [0.717, 1.165) is 61.6 Å². The number of ether oxygens (including phenoxy) is 1. The standard InChI is InChI=1S/C27H30N4O3S/c1-19-8-9-22(20(2)16-19)25-28-21(17-34-25)18-35-27-29-24-7-4-3-6-23(24)26(32)31(27)11-5-10-30-12-14-33-15-13-30/h3-4,6-9,16-17H,5,10-15,18H2,1-2H3. The number of aromatic nitrogens is 3. The summed E-state index contributed by atoms with van der Waals surface area (Å²) in [5.41, 5.74) is 4.90. The van der Waals surface area contributed by atoms with Gasteiger partial charge in [-0.15, -0.1) is 0 Å². The second-order valence-electron chi connectivity index (χ2n) is 8.93. The minimum absolute atomic E-state index is 0.0104. The first kappa shape index (κ1) is 23.8. The summed E-state index contributed by atoms with van der Waals surface area (Å²) in [5, 5.41) is 1.37. The molecule has 8 heteroatoms. The second kappa shape index (κ2) is 10.8. The lowest BCUT2D eigenvalue weighted by Crippen LogP contribution is -2.37. The molecule has 0 saturated carbocycles. The van der Waals surface area contributed by atoms with Crippen molar-refractivity contribution in [3.8, 4) is 11.5 Å². The quantitative estimate of drug-likeness (QED) is 0.262. The Kier molecular flexibility index (Phi) is 7.32. The summed E-state index contributed by atoms with van der Waals surface area (Å²) in [5.74, 6) is 1.19. The monoisotopic (exact) mass is 490 g/mol. The number of nitrogens with zero attached hydrogens (tertiary/aromatic N) is 4. The normalized spacial score (nSPS) is 14.6. The zero-order valence-corrected chi connectivity index (χ0v) is 21.0. The lowest BCUT2D eigenvalue weighted by Gasteiger charge is -2.26. The molecule has 1 fully saturated rings. The molecule has 0 atom stereocenters. The Morgan fingerprint density at radius 1 is 1.03 bits per heavy atom. The summed E-state index contributed by atoms with van der Waals surface area (Å²) >= 11 is 1.53. The van der Waals surface area contributed by atoms with Crippen LogP contribution in [0, 0.1) is 13.8 Å². The fourth-order valence-corrected chi connectivity index (χ4v) is 5.32. The van der Waals surface area contributed by atoms with Crippen LogP contribution in [0.15, 0.2) is 63.1 Å². The lowest BCUT2D eigenvalue weighted by molar-refractivity contribution is 0.0368. The molecule has 0 aliphatic carbocycles. The average Bonchev–Trinajstić information content (AvgIpc) is 3.33. The van der Waals surface area contributed by atoms with Crippen LogP contribution in [0.1, 0.15) is 23.2 Å². The van der Waals surface area contributed by atoms with Gasteiger partial charge < -0.3 is 9.15 Å². The Morgan fingerprint density at radius 3 is 2.69 bits per heavy atom. The Hall–Kier alpha value is -2.94. The van der Waals surface area contributed by atoms with Crippen LogP contribution in [0.3, 0.4) is 0 Å². The third-order valence-electron chi connectivity index (χ3n) is 6.30. The van der Waals surface area contributed by atoms with E-state index in [2.05, 4.69) is 30.9 Å². The van der Waals surface area contributed by atoms with Crippen molar-refractivity contribution < 1.29 is 9.15 Å². The molecule has 2 aromatic carbocycles. The number of aryl methyl sites for hydroxylation is 2. The number of benzene rings is 2. The molecule has 3 heterocycles. The Morgan fingerprint density at radius 2 is 1.86 bits per heavy atom. The molecule has 1 aliphatic heterocycles. The van der Waals surface area contributed by atoms with Gasteiger partial charge in [0.25, 0.3) is 5.56 Å². The summed E-state index contributed by atoms with van der Waals surface area (Å²) < 4.78 is 13.0. The molecule has 0 N–H and O–H groups in total. The van der Waals surface area contributed by atoms with Crippen molar-refractivity contribution in [2.45, 2.75) is 37.7 Å². The van der Waals surface area contributed by atoms with Crippen molar-refractivity contribution >= 4 is 22.7 Å². The number of fused-ring (bicyclic) bond motifs is 1. The summed E-state index contributed by atoms with van der Waals surface area (Å²) in [6.07, 6.45) is 2.58. The SMILES string of the molecule is Cc1ccc(-c2nc(CSc3nc4ccccc4c(=O)n3CCCN3CCOCC3)co2)c(C)c1. The highest BCUT2D eigenvalue weighted by molar-refractivity contribution is 7.98. The van der Waals surface area contributed by atoms with E-state index in [-0.39, 0.29) is 5.56 Å². The summed E-state index contributed by atoms with van der Waals surface area (Å²) in [7, 11) is 0. The Bertz CT molecular complexity index is 1370. The lowest BCUT2D eigenvalue weighted by atomic mass is 10.1. The molecule has 2 aromatic heterocycles. The highest BCUT2D eigenvalue weighted by Gasteiger charge is 2.15. The maximum atomic E-state index is 13.3. The van der Waals surface area contributed by atoms with E-state index in [4.69, 9.17) is 19.1 Å².